The van der Waals surface area contributed by atoms with E-state index in [0.29, 0.717) is 6.61 Å². The fourth-order valence-electron chi connectivity index (χ4n) is 1.25. The van der Waals surface area contributed by atoms with Crippen LogP contribution < -0.4 is 12.4 Å². The van der Waals surface area contributed by atoms with Crippen molar-refractivity contribution in [3.8, 4) is 0 Å². The Hall–Kier alpha value is -0.610. The van der Waals surface area contributed by atoms with Crippen molar-refractivity contribution in [1.82, 2.24) is 0 Å². The van der Waals surface area contributed by atoms with Crippen LogP contribution in [0.1, 0.15) is 13.8 Å². The van der Waals surface area contributed by atoms with Gasteiger partial charge in [0.05, 0.1) is 27.7 Å². The van der Waals surface area contributed by atoms with Crippen molar-refractivity contribution >= 4 is 11.8 Å². The van der Waals surface area contributed by atoms with Gasteiger partial charge >= 0.3 is 5.97 Å². The predicted molar refractivity (Wildman–Crippen MR) is 49.1 cm³/mol. The Balaban J connectivity index is 0. The van der Waals surface area contributed by atoms with E-state index in [1.165, 1.54) is 6.92 Å². The molecule has 0 fully saturated rings. The van der Waals surface area contributed by atoms with Gasteiger partial charge in [0, 0.05) is 6.92 Å². The average molecular weight is 224 g/mol. The first kappa shape index (κ1) is 15.8. The fraction of sp³-hybridized carbons (Fsp3) is 0.778. The largest absolute Gasteiger partial charge is 1.00 e. The summed E-state index contributed by atoms with van der Waals surface area (Å²) < 4.78 is 5.09. The summed E-state index contributed by atoms with van der Waals surface area (Å²) in [5.41, 5.74) is 0. The minimum atomic E-state index is -0.708. The maximum atomic E-state index is 11.4. The average Bonchev–Trinajstić information content (AvgIpc) is 1.82. The summed E-state index contributed by atoms with van der Waals surface area (Å²) in [5.74, 6) is -0.603. The van der Waals surface area contributed by atoms with Crippen LogP contribution in [0, 0.1) is 0 Å². The number of ketones is 1. The number of rotatable bonds is 4. The van der Waals surface area contributed by atoms with E-state index < -0.39 is 12.0 Å². The quantitative estimate of drug-likeness (QED) is 0.294. The second kappa shape index (κ2) is 5.98. The minimum absolute atomic E-state index is 0. The topological polar surface area (TPSA) is 43.4 Å². The molecule has 14 heavy (non-hydrogen) atoms. The molecule has 84 valence electrons. The molecule has 0 aromatic heterocycles. The molecule has 0 aromatic carbocycles. The monoisotopic (exact) mass is 223 g/mol. The SMILES string of the molecule is CCOC(=O)C(C(C)=O)[N+](C)(C)C.[Cl-]. The molecule has 1 unspecified atom stereocenters. The number of hydrogen-bond donors (Lipinski definition) is 0. The van der Waals surface area contributed by atoms with Crippen LogP contribution in [-0.2, 0) is 14.3 Å². The molecule has 0 aliphatic carbocycles. The van der Waals surface area contributed by atoms with Crippen molar-refractivity contribution in [2.45, 2.75) is 19.9 Å². The molecule has 0 amide bonds. The van der Waals surface area contributed by atoms with Crippen molar-refractivity contribution in [3.05, 3.63) is 0 Å². The molecule has 0 saturated carbocycles. The van der Waals surface area contributed by atoms with E-state index >= 15 is 0 Å². The van der Waals surface area contributed by atoms with Crippen molar-refractivity contribution in [2.75, 3.05) is 27.7 Å². The first-order chi connectivity index (χ1) is 5.80. The highest BCUT2D eigenvalue weighted by Gasteiger charge is 2.37. The standard InChI is InChI=1S/C9H18NO3.ClH/c1-6-13-9(12)8(7(2)11)10(3,4)5;/h8H,6H2,1-5H3;1H/q+1;/p-1. The summed E-state index contributed by atoms with van der Waals surface area (Å²) in [6.07, 6.45) is 0. The zero-order valence-electron chi connectivity index (χ0n) is 9.33. The van der Waals surface area contributed by atoms with Crippen molar-refractivity contribution in [2.24, 2.45) is 0 Å². The summed E-state index contributed by atoms with van der Waals surface area (Å²) in [6, 6.07) is -0.708. The van der Waals surface area contributed by atoms with E-state index in [2.05, 4.69) is 0 Å². The van der Waals surface area contributed by atoms with Crippen molar-refractivity contribution in [3.63, 3.8) is 0 Å². The van der Waals surface area contributed by atoms with E-state index in [4.69, 9.17) is 4.74 Å². The third kappa shape index (κ3) is 4.58. The maximum Gasteiger partial charge on any atom is 0.373 e. The Kier molecular flexibility index (Phi) is 6.77. The number of carbonyl (C=O) groups excluding carboxylic acids is 2. The number of halogens is 1. The first-order valence-electron chi connectivity index (χ1n) is 4.29. The van der Waals surface area contributed by atoms with Crippen LogP contribution in [0.25, 0.3) is 0 Å². The molecule has 1 atom stereocenters. The van der Waals surface area contributed by atoms with E-state index in [9.17, 15) is 9.59 Å². The smallest absolute Gasteiger partial charge is 0.373 e. The van der Waals surface area contributed by atoms with Crippen LogP contribution in [0.3, 0.4) is 0 Å². The van der Waals surface area contributed by atoms with Gasteiger partial charge in [-0.15, -0.1) is 0 Å². The van der Waals surface area contributed by atoms with Crippen LogP contribution in [0.4, 0.5) is 0 Å². The number of hydrogen-bond acceptors (Lipinski definition) is 3. The number of likely N-dealkylation sites (N-methyl/N-ethyl adjacent to an activating group) is 1. The lowest BCUT2D eigenvalue weighted by atomic mass is 10.1. The Morgan fingerprint density at radius 2 is 1.71 bits per heavy atom. The molecule has 0 N–H and O–H groups in total. The maximum absolute atomic E-state index is 11.4. The molecule has 0 saturated heterocycles. The Morgan fingerprint density at radius 1 is 1.29 bits per heavy atom. The van der Waals surface area contributed by atoms with Crippen LogP contribution >= 0.6 is 0 Å². The molecule has 4 nitrogen and oxygen atoms in total. The van der Waals surface area contributed by atoms with Crippen LogP contribution in [0.15, 0.2) is 0 Å². The third-order valence-corrected chi connectivity index (χ3v) is 1.67. The van der Waals surface area contributed by atoms with Gasteiger partial charge in [-0.05, 0) is 6.92 Å². The molecule has 0 radical (unpaired) electrons. The van der Waals surface area contributed by atoms with Crippen molar-refractivity contribution in [1.29, 1.82) is 0 Å². The zero-order valence-corrected chi connectivity index (χ0v) is 10.1. The molecule has 0 heterocycles. The molecule has 0 aliphatic heterocycles. The van der Waals surface area contributed by atoms with Gasteiger partial charge in [0.15, 0.2) is 5.78 Å². The van der Waals surface area contributed by atoms with Gasteiger partial charge in [-0.3, -0.25) is 4.79 Å². The van der Waals surface area contributed by atoms with Gasteiger partial charge < -0.3 is 21.6 Å². The van der Waals surface area contributed by atoms with Gasteiger partial charge in [0.2, 0.25) is 6.04 Å². The normalized spacial score (nSPS) is 12.6. The Labute approximate surface area is 91.2 Å². The summed E-state index contributed by atoms with van der Waals surface area (Å²) >= 11 is 0. The lowest BCUT2D eigenvalue weighted by Gasteiger charge is -2.30. The highest BCUT2D eigenvalue weighted by molar-refractivity contribution is 6.00. The predicted octanol–water partition coefficient (Wildman–Crippen LogP) is -2.78. The van der Waals surface area contributed by atoms with Crippen LogP contribution in [-0.4, -0.2) is 50.0 Å². The molecule has 0 rings (SSSR count). The fourth-order valence-corrected chi connectivity index (χ4v) is 1.25. The molecule has 0 spiro atoms. The van der Waals surface area contributed by atoms with Gasteiger partial charge in [0.1, 0.15) is 0 Å². The van der Waals surface area contributed by atoms with Gasteiger partial charge in [0.25, 0.3) is 0 Å². The minimum Gasteiger partial charge on any atom is -1.00 e. The summed E-state index contributed by atoms with van der Waals surface area (Å²) in [6.45, 7) is 3.44. The second-order valence-corrected chi connectivity index (χ2v) is 3.88. The number of nitrogens with zero attached hydrogens (tertiary/aromatic N) is 1. The van der Waals surface area contributed by atoms with Gasteiger partial charge in [-0.2, -0.15) is 0 Å². The molecule has 0 bridgehead atoms. The zero-order chi connectivity index (χ0) is 10.6. The summed E-state index contributed by atoms with van der Waals surface area (Å²) in [5, 5.41) is 0. The molecular weight excluding hydrogens is 206 g/mol. The number of ether oxygens (including phenoxy) is 1. The van der Waals surface area contributed by atoms with E-state index in [-0.39, 0.29) is 22.7 Å². The highest BCUT2D eigenvalue weighted by Crippen LogP contribution is 2.06. The van der Waals surface area contributed by atoms with E-state index in [0.717, 1.165) is 0 Å². The summed E-state index contributed by atoms with van der Waals surface area (Å²) in [4.78, 5) is 22.6. The number of esters is 1. The van der Waals surface area contributed by atoms with Crippen LogP contribution in [0.5, 0.6) is 0 Å². The summed E-state index contributed by atoms with van der Waals surface area (Å²) in [7, 11) is 5.38. The van der Waals surface area contributed by atoms with E-state index in [1.54, 1.807) is 28.1 Å². The van der Waals surface area contributed by atoms with Crippen LogP contribution in [0.2, 0.25) is 0 Å². The van der Waals surface area contributed by atoms with Gasteiger partial charge in [-0.1, -0.05) is 0 Å². The lowest BCUT2D eigenvalue weighted by Crippen LogP contribution is -3.00. The number of Topliss-reactive ketones (excluding diaryl/α,β-unsaturated/α-hetero) is 1. The molecule has 5 heteroatoms. The molecular formula is C9H18ClNO3. The first-order valence-corrected chi connectivity index (χ1v) is 4.29. The third-order valence-electron chi connectivity index (χ3n) is 1.67. The Morgan fingerprint density at radius 3 is 1.93 bits per heavy atom. The number of quaternary nitrogens is 1. The highest BCUT2D eigenvalue weighted by atomic mass is 35.5. The number of carbonyl (C=O) groups is 2. The molecule has 0 aliphatic rings. The lowest BCUT2D eigenvalue weighted by molar-refractivity contribution is -0.878. The second-order valence-electron chi connectivity index (χ2n) is 3.88. The Bertz CT molecular complexity index is 211. The van der Waals surface area contributed by atoms with Crippen molar-refractivity contribution < 1.29 is 31.2 Å². The van der Waals surface area contributed by atoms with Gasteiger partial charge in [-0.25, -0.2) is 4.79 Å². The van der Waals surface area contributed by atoms with E-state index in [1.807, 2.05) is 0 Å². The molecule has 0 aromatic rings.